The van der Waals surface area contributed by atoms with Gasteiger partial charge in [0.25, 0.3) is 0 Å². The molecule has 1 aromatic carbocycles. The summed E-state index contributed by atoms with van der Waals surface area (Å²) in [5.74, 6) is 0. The summed E-state index contributed by atoms with van der Waals surface area (Å²) in [6, 6.07) is 9.24. The number of ether oxygens (including phenoxy) is 1. The Kier molecular flexibility index (Phi) is 3.40. The molecular formula is C14H13ClN2O3. The molecule has 3 rings (SSSR count). The van der Waals surface area contributed by atoms with Gasteiger partial charge in [0.1, 0.15) is 24.1 Å². The van der Waals surface area contributed by atoms with Gasteiger partial charge in [0.15, 0.2) is 0 Å². The molecule has 0 saturated carbocycles. The average Bonchev–Trinajstić information content (AvgIpc) is 2.99. The first kappa shape index (κ1) is 13.4. The Bertz CT molecular complexity index is 692. The third-order valence-corrected chi connectivity index (χ3v) is 3.95. The van der Waals surface area contributed by atoms with Crippen molar-refractivity contribution in [2.24, 2.45) is 0 Å². The molecular weight excluding hydrogens is 280 g/mol. The molecule has 6 heteroatoms. The van der Waals surface area contributed by atoms with Gasteiger partial charge >= 0.3 is 0 Å². The second-order valence-corrected chi connectivity index (χ2v) is 5.21. The summed E-state index contributed by atoms with van der Waals surface area (Å²) in [4.78, 5) is 0. The lowest BCUT2D eigenvalue weighted by Crippen LogP contribution is -2.24. The summed E-state index contributed by atoms with van der Waals surface area (Å²) in [5, 5.41) is 29.6. The lowest BCUT2D eigenvalue weighted by atomic mass is 10.2. The molecule has 1 saturated heterocycles. The number of halogens is 1. The van der Waals surface area contributed by atoms with Crippen LogP contribution in [0.2, 0.25) is 5.02 Å². The van der Waals surface area contributed by atoms with Crippen LogP contribution in [0, 0.1) is 11.3 Å². The molecule has 2 aromatic rings. The highest BCUT2D eigenvalue weighted by molar-refractivity contribution is 6.35. The van der Waals surface area contributed by atoms with Gasteiger partial charge < -0.3 is 19.5 Å². The number of aromatic nitrogens is 1. The van der Waals surface area contributed by atoms with Crippen LogP contribution in [-0.4, -0.2) is 33.6 Å². The van der Waals surface area contributed by atoms with Gasteiger partial charge in [0.2, 0.25) is 0 Å². The number of hydrogen-bond acceptors (Lipinski definition) is 4. The SMILES string of the molecule is N#Cc1cc2c(Cl)cccc2n1[C@H]1C[C@H](O)[C@@H](CO)O1. The third-order valence-electron chi connectivity index (χ3n) is 3.62. The van der Waals surface area contributed by atoms with Crippen LogP contribution < -0.4 is 0 Å². The van der Waals surface area contributed by atoms with Crippen LogP contribution in [-0.2, 0) is 4.74 Å². The van der Waals surface area contributed by atoms with Crippen LogP contribution >= 0.6 is 11.6 Å². The molecule has 1 aliphatic rings. The van der Waals surface area contributed by atoms with E-state index in [1.807, 2.05) is 6.07 Å². The van der Waals surface area contributed by atoms with E-state index in [0.717, 1.165) is 10.9 Å². The van der Waals surface area contributed by atoms with E-state index in [4.69, 9.17) is 21.4 Å². The zero-order valence-electron chi connectivity index (χ0n) is 10.5. The Labute approximate surface area is 120 Å². The number of fused-ring (bicyclic) bond motifs is 1. The Morgan fingerprint density at radius 3 is 2.95 bits per heavy atom. The Morgan fingerprint density at radius 2 is 2.30 bits per heavy atom. The fraction of sp³-hybridized carbons (Fsp3) is 0.357. The first-order chi connectivity index (χ1) is 9.65. The molecule has 5 nitrogen and oxygen atoms in total. The Hall–Kier alpha value is -1.58. The minimum absolute atomic E-state index is 0.250. The van der Waals surface area contributed by atoms with Crippen LogP contribution in [0.1, 0.15) is 18.3 Å². The fourth-order valence-electron chi connectivity index (χ4n) is 2.65. The van der Waals surface area contributed by atoms with E-state index < -0.39 is 18.4 Å². The molecule has 2 N–H and O–H groups in total. The monoisotopic (exact) mass is 292 g/mol. The van der Waals surface area contributed by atoms with Crippen molar-refractivity contribution in [3.05, 3.63) is 35.0 Å². The minimum atomic E-state index is -0.742. The van der Waals surface area contributed by atoms with Crippen molar-refractivity contribution in [3.63, 3.8) is 0 Å². The molecule has 20 heavy (non-hydrogen) atoms. The second-order valence-electron chi connectivity index (χ2n) is 4.80. The first-order valence-corrected chi connectivity index (χ1v) is 6.67. The summed E-state index contributed by atoms with van der Waals surface area (Å²) >= 11 is 6.14. The molecule has 104 valence electrons. The predicted molar refractivity (Wildman–Crippen MR) is 73.3 cm³/mol. The Balaban J connectivity index is 2.12. The van der Waals surface area contributed by atoms with E-state index >= 15 is 0 Å². The van der Waals surface area contributed by atoms with Crippen molar-refractivity contribution >= 4 is 22.5 Å². The number of nitriles is 1. The quantitative estimate of drug-likeness (QED) is 0.885. The van der Waals surface area contributed by atoms with Crippen LogP contribution in [0.25, 0.3) is 10.9 Å². The fourth-order valence-corrected chi connectivity index (χ4v) is 2.87. The summed E-state index contributed by atoms with van der Waals surface area (Å²) < 4.78 is 7.35. The van der Waals surface area contributed by atoms with Gasteiger partial charge in [0, 0.05) is 16.8 Å². The third kappa shape index (κ3) is 1.98. The average molecular weight is 293 g/mol. The van der Waals surface area contributed by atoms with Gasteiger partial charge in [-0.3, -0.25) is 0 Å². The number of aliphatic hydroxyl groups is 2. The van der Waals surface area contributed by atoms with E-state index in [0.29, 0.717) is 17.1 Å². The van der Waals surface area contributed by atoms with Crippen molar-refractivity contribution in [1.29, 1.82) is 5.26 Å². The maximum Gasteiger partial charge on any atom is 0.138 e. The largest absolute Gasteiger partial charge is 0.394 e. The topological polar surface area (TPSA) is 78.4 Å². The smallest absolute Gasteiger partial charge is 0.138 e. The molecule has 0 unspecified atom stereocenters. The van der Waals surface area contributed by atoms with E-state index in [2.05, 4.69) is 6.07 Å². The lowest BCUT2D eigenvalue weighted by Gasteiger charge is -2.16. The molecule has 1 fully saturated rings. The number of hydrogen-bond donors (Lipinski definition) is 2. The molecule has 0 bridgehead atoms. The van der Waals surface area contributed by atoms with E-state index in [9.17, 15) is 10.4 Å². The van der Waals surface area contributed by atoms with Crippen molar-refractivity contribution in [2.75, 3.05) is 6.61 Å². The van der Waals surface area contributed by atoms with E-state index in [1.54, 1.807) is 22.8 Å². The number of nitrogens with zero attached hydrogens (tertiary/aromatic N) is 2. The van der Waals surface area contributed by atoms with Crippen molar-refractivity contribution in [3.8, 4) is 6.07 Å². The minimum Gasteiger partial charge on any atom is -0.394 e. The van der Waals surface area contributed by atoms with Gasteiger partial charge in [-0.25, -0.2) is 0 Å². The van der Waals surface area contributed by atoms with Gasteiger partial charge in [-0.05, 0) is 18.2 Å². The highest BCUT2D eigenvalue weighted by Gasteiger charge is 2.35. The van der Waals surface area contributed by atoms with Crippen LogP contribution in [0.5, 0.6) is 0 Å². The number of aliphatic hydroxyl groups excluding tert-OH is 2. The number of benzene rings is 1. The molecule has 0 aliphatic carbocycles. The lowest BCUT2D eigenvalue weighted by molar-refractivity contribution is -0.0431. The van der Waals surface area contributed by atoms with Crippen LogP contribution in [0.15, 0.2) is 24.3 Å². The zero-order valence-corrected chi connectivity index (χ0v) is 11.3. The second kappa shape index (κ2) is 5.08. The van der Waals surface area contributed by atoms with E-state index in [1.165, 1.54) is 0 Å². The molecule has 1 aromatic heterocycles. The van der Waals surface area contributed by atoms with Crippen molar-refractivity contribution in [1.82, 2.24) is 4.57 Å². The van der Waals surface area contributed by atoms with Gasteiger partial charge in [-0.2, -0.15) is 5.26 Å². The van der Waals surface area contributed by atoms with Crippen LogP contribution in [0.3, 0.4) is 0 Å². The normalized spacial score (nSPS) is 26.0. The summed E-state index contributed by atoms with van der Waals surface area (Å²) in [6.07, 6.45) is -1.51. The highest BCUT2D eigenvalue weighted by atomic mass is 35.5. The Morgan fingerprint density at radius 1 is 1.50 bits per heavy atom. The molecule has 0 amide bonds. The predicted octanol–water partition coefficient (Wildman–Crippen LogP) is 1.81. The molecule has 2 heterocycles. The first-order valence-electron chi connectivity index (χ1n) is 6.29. The molecule has 3 atom stereocenters. The summed E-state index contributed by atoms with van der Waals surface area (Å²) in [6.45, 7) is -0.250. The van der Waals surface area contributed by atoms with Crippen molar-refractivity contribution < 1.29 is 14.9 Å². The zero-order chi connectivity index (χ0) is 14.3. The maximum atomic E-state index is 9.84. The summed E-state index contributed by atoms with van der Waals surface area (Å²) in [7, 11) is 0. The standard InChI is InChI=1S/C14H13ClN2O3/c15-10-2-1-3-11-9(10)4-8(6-16)17(11)14-5-12(19)13(7-18)20-14/h1-4,12-14,18-19H,5,7H2/t12-,13+,14+/m0/s1. The van der Waals surface area contributed by atoms with Crippen LogP contribution in [0.4, 0.5) is 0 Å². The molecule has 0 radical (unpaired) electrons. The summed E-state index contributed by atoms with van der Waals surface area (Å²) in [5.41, 5.74) is 1.20. The van der Waals surface area contributed by atoms with Crippen molar-refractivity contribution in [2.45, 2.75) is 24.9 Å². The molecule has 1 aliphatic heterocycles. The number of rotatable bonds is 2. The van der Waals surface area contributed by atoms with Gasteiger partial charge in [-0.15, -0.1) is 0 Å². The molecule has 0 spiro atoms. The highest BCUT2D eigenvalue weighted by Crippen LogP contribution is 2.35. The van der Waals surface area contributed by atoms with E-state index in [-0.39, 0.29) is 6.61 Å². The maximum absolute atomic E-state index is 9.84. The van der Waals surface area contributed by atoms with Gasteiger partial charge in [-0.1, -0.05) is 17.7 Å². The van der Waals surface area contributed by atoms with Gasteiger partial charge in [0.05, 0.1) is 18.2 Å².